The highest BCUT2D eigenvalue weighted by molar-refractivity contribution is 7.71. The van der Waals surface area contributed by atoms with Crippen LogP contribution in [0.5, 0.6) is 0 Å². The number of nitrogens with zero attached hydrogens (tertiary/aromatic N) is 1. The molecule has 3 heteroatoms. The van der Waals surface area contributed by atoms with Gasteiger partial charge in [-0.05, 0) is 81.8 Å². The maximum absolute atomic E-state index is 3.16. The van der Waals surface area contributed by atoms with E-state index in [9.17, 15) is 0 Å². The van der Waals surface area contributed by atoms with Gasteiger partial charge in [-0.1, -0.05) is 112 Å². The molecule has 3 aromatic carbocycles. The molecule has 0 radical (unpaired) electrons. The summed E-state index contributed by atoms with van der Waals surface area (Å²) in [6.45, 7) is 8.78. The molecule has 0 N–H and O–H groups in total. The number of rotatable bonds is 7. The second-order valence-electron chi connectivity index (χ2n) is 10.5. The molecule has 0 aliphatic carbocycles. The van der Waals surface area contributed by atoms with Gasteiger partial charge in [0.05, 0.1) is 0 Å². The monoisotopic (exact) mass is 501 g/mol. The lowest BCUT2D eigenvalue weighted by molar-refractivity contribution is 0.610. The molecule has 0 saturated carbocycles. The lowest BCUT2D eigenvalue weighted by Gasteiger charge is -2.46. The summed E-state index contributed by atoms with van der Waals surface area (Å²) < 4.78 is 3.16. The summed E-state index contributed by atoms with van der Waals surface area (Å²) in [4.78, 5) is 0. The van der Waals surface area contributed by atoms with E-state index in [0.29, 0.717) is 11.3 Å². The fourth-order valence-corrected chi connectivity index (χ4v) is 15.3. The van der Waals surface area contributed by atoms with Gasteiger partial charge in [-0.25, -0.2) is 0 Å². The van der Waals surface area contributed by atoms with E-state index in [1.54, 1.807) is 22.3 Å². The lowest BCUT2D eigenvalue weighted by atomic mass is 10.00. The van der Waals surface area contributed by atoms with Gasteiger partial charge in [-0.3, -0.25) is 4.44 Å². The topological polar surface area (TPSA) is 3.24 Å². The van der Waals surface area contributed by atoms with E-state index in [2.05, 4.69) is 110 Å². The molecule has 1 saturated heterocycles. The van der Waals surface area contributed by atoms with Gasteiger partial charge in [-0.15, -0.1) is 0 Å². The fourth-order valence-electron chi connectivity index (χ4n) is 6.43. The Bertz CT molecular complexity index is 991. The van der Waals surface area contributed by atoms with Gasteiger partial charge >= 0.3 is 0 Å². The van der Waals surface area contributed by atoms with Crippen molar-refractivity contribution in [2.75, 3.05) is 6.54 Å². The molecule has 3 aromatic rings. The summed E-state index contributed by atoms with van der Waals surface area (Å²) in [6.07, 6.45) is 7.72. The van der Waals surface area contributed by atoms with Crippen LogP contribution in [0.4, 0.5) is 0 Å². The first-order chi connectivity index (χ1) is 17.2. The van der Waals surface area contributed by atoms with E-state index in [4.69, 9.17) is 0 Å². The maximum Gasteiger partial charge on any atom is 0.0183 e. The zero-order chi connectivity index (χ0) is 24.2. The predicted octanol–water partition coefficient (Wildman–Crippen LogP) is 9.73. The van der Waals surface area contributed by atoms with Crippen molar-refractivity contribution in [1.82, 2.24) is 4.44 Å². The third-order valence-corrected chi connectivity index (χ3v) is 15.3. The van der Waals surface area contributed by atoms with Crippen LogP contribution in [0.3, 0.4) is 0 Å². The molecule has 2 aliphatic rings. The summed E-state index contributed by atoms with van der Waals surface area (Å²) in [5.74, 6) is 0. The Kier molecular flexibility index (Phi) is 8.40. The molecular formula is C32H41NP2. The second-order valence-corrected chi connectivity index (χ2v) is 16.3. The van der Waals surface area contributed by atoms with Crippen molar-refractivity contribution in [3.8, 4) is 0 Å². The predicted molar refractivity (Wildman–Crippen MR) is 156 cm³/mol. The van der Waals surface area contributed by atoms with Gasteiger partial charge in [-0.2, -0.15) is 0 Å². The van der Waals surface area contributed by atoms with E-state index in [-0.39, 0.29) is 16.1 Å². The molecule has 0 aromatic heterocycles. The van der Waals surface area contributed by atoms with E-state index in [0.717, 1.165) is 11.3 Å². The Morgan fingerprint density at radius 2 is 1.11 bits per heavy atom. The Hall–Kier alpha value is -1.52. The third kappa shape index (κ3) is 5.44. The molecular weight excluding hydrogens is 460 g/mol. The van der Waals surface area contributed by atoms with Gasteiger partial charge in [0.1, 0.15) is 0 Å². The van der Waals surface area contributed by atoms with Crippen molar-refractivity contribution in [3.05, 3.63) is 107 Å². The van der Waals surface area contributed by atoms with Crippen molar-refractivity contribution in [2.24, 2.45) is 0 Å². The summed E-state index contributed by atoms with van der Waals surface area (Å²) >= 11 is 0. The van der Waals surface area contributed by atoms with E-state index in [1.165, 1.54) is 45.1 Å². The zero-order valence-electron chi connectivity index (χ0n) is 21.7. The third-order valence-electron chi connectivity index (χ3n) is 8.02. The number of unbranched alkanes of at least 4 members (excludes halogenated alkanes) is 1. The van der Waals surface area contributed by atoms with E-state index < -0.39 is 0 Å². The first-order valence-corrected chi connectivity index (χ1v) is 16.5. The maximum atomic E-state index is 3.16. The smallest absolute Gasteiger partial charge is 0.0183 e. The normalized spacial score (nSPS) is 27.0. The molecule has 4 atom stereocenters. The Labute approximate surface area is 216 Å². The largest absolute Gasteiger partial charge is 0.258 e. The first-order valence-electron chi connectivity index (χ1n) is 13.7. The number of hydrogen-bond donors (Lipinski definition) is 0. The minimum Gasteiger partial charge on any atom is -0.258 e. The minimum absolute atomic E-state index is 0.225. The molecule has 0 spiro atoms. The van der Waals surface area contributed by atoms with Crippen molar-refractivity contribution >= 4 is 16.1 Å². The standard InChI is InChI=1S/C32H41NP2/c1-4-5-22-33(34-25(2)23-29-18-12-13-19-30(29)24-26(34)3)35-31(27-14-8-6-9-15-27)20-21-32(35)28-16-10-7-11-17-28/h6-19,25-26,31-32H,4-5,20-24H2,1-3H3/t25?,26?,31-,32-,34?/m0/s1. The highest BCUT2D eigenvalue weighted by Gasteiger charge is 2.45. The summed E-state index contributed by atoms with van der Waals surface area (Å²) in [5.41, 5.74) is 9.19. The van der Waals surface area contributed by atoms with Crippen molar-refractivity contribution < 1.29 is 0 Å². The average molecular weight is 502 g/mol. The van der Waals surface area contributed by atoms with Gasteiger partial charge in [0.15, 0.2) is 0 Å². The van der Waals surface area contributed by atoms with Crippen LogP contribution in [0.1, 0.15) is 80.0 Å². The van der Waals surface area contributed by atoms with Crippen LogP contribution in [-0.4, -0.2) is 22.3 Å². The SMILES string of the molecule is CCCCN(P1C(C)Cc2ccccc2CC1C)P1[C@H](c2ccccc2)CC[C@H]1c1ccccc1. The Morgan fingerprint density at radius 1 is 0.657 bits per heavy atom. The van der Waals surface area contributed by atoms with Gasteiger partial charge in [0.2, 0.25) is 0 Å². The molecule has 2 unspecified atom stereocenters. The molecule has 5 rings (SSSR count). The van der Waals surface area contributed by atoms with E-state index >= 15 is 0 Å². The van der Waals surface area contributed by atoms with Crippen LogP contribution >= 0.6 is 16.1 Å². The molecule has 2 heterocycles. The molecule has 2 aliphatic heterocycles. The quantitative estimate of drug-likeness (QED) is 0.291. The molecule has 35 heavy (non-hydrogen) atoms. The lowest BCUT2D eigenvalue weighted by Crippen LogP contribution is -2.27. The van der Waals surface area contributed by atoms with Crippen LogP contribution in [0.15, 0.2) is 84.9 Å². The summed E-state index contributed by atoms with van der Waals surface area (Å²) in [6, 6.07) is 32.3. The molecule has 0 amide bonds. The summed E-state index contributed by atoms with van der Waals surface area (Å²) in [5, 5.41) is 0. The van der Waals surface area contributed by atoms with Crippen LogP contribution in [0.2, 0.25) is 0 Å². The van der Waals surface area contributed by atoms with Crippen molar-refractivity contribution in [1.29, 1.82) is 0 Å². The van der Waals surface area contributed by atoms with Crippen LogP contribution in [0.25, 0.3) is 0 Å². The molecule has 0 bridgehead atoms. The summed E-state index contributed by atoms with van der Waals surface area (Å²) in [7, 11) is -0.526. The highest BCUT2D eigenvalue weighted by atomic mass is 31.2. The highest BCUT2D eigenvalue weighted by Crippen LogP contribution is 2.78. The van der Waals surface area contributed by atoms with Crippen LogP contribution in [0, 0.1) is 0 Å². The second kappa shape index (κ2) is 11.7. The van der Waals surface area contributed by atoms with Gasteiger partial charge in [0.25, 0.3) is 0 Å². The average Bonchev–Trinajstić information content (AvgIpc) is 3.28. The Morgan fingerprint density at radius 3 is 1.57 bits per heavy atom. The number of fused-ring (bicyclic) bond motifs is 1. The van der Waals surface area contributed by atoms with Gasteiger partial charge in [0, 0.05) is 17.9 Å². The molecule has 184 valence electrons. The molecule has 1 fully saturated rings. The van der Waals surface area contributed by atoms with Crippen LogP contribution in [-0.2, 0) is 12.8 Å². The minimum atomic E-state index is -0.301. The Balaban J connectivity index is 1.56. The van der Waals surface area contributed by atoms with Crippen molar-refractivity contribution in [2.45, 2.75) is 81.9 Å². The number of benzene rings is 3. The van der Waals surface area contributed by atoms with Gasteiger partial charge < -0.3 is 0 Å². The van der Waals surface area contributed by atoms with Crippen molar-refractivity contribution in [3.63, 3.8) is 0 Å². The zero-order valence-corrected chi connectivity index (χ0v) is 23.5. The fraction of sp³-hybridized carbons (Fsp3) is 0.438. The number of hydrogen-bond acceptors (Lipinski definition) is 1. The van der Waals surface area contributed by atoms with Crippen LogP contribution < -0.4 is 0 Å². The molecule has 1 nitrogen and oxygen atoms in total. The first kappa shape index (κ1) is 25.1. The van der Waals surface area contributed by atoms with E-state index in [1.807, 2.05) is 0 Å².